The minimum atomic E-state index is -4.44. The Hall–Kier alpha value is -2.60. The van der Waals surface area contributed by atoms with Crippen LogP contribution in [0.3, 0.4) is 0 Å². The third-order valence-electron chi connectivity index (χ3n) is 3.24. The number of anilines is 1. The van der Waals surface area contributed by atoms with Gasteiger partial charge in [0.05, 0.1) is 23.3 Å². The lowest BCUT2D eigenvalue weighted by Gasteiger charge is -2.09. The van der Waals surface area contributed by atoms with Crippen LogP contribution in [-0.4, -0.2) is 38.8 Å². The highest BCUT2D eigenvalue weighted by molar-refractivity contribution is 7.99. The van der Waals surface area contributed by atoms with Crippen LogP contribution in [0.4, 0.5) is 18.9 Å². The molecule has 0 bridgehead atoms. The fourth-order valence-corrected chi connectivity index (χ4v) is 3.56. The van der Waals surface area contributed by atoms with E-state index in [1.54, 1.807) is 11.6 Å². The number of fused-ring (bicyclic) bond motifs is 1. The number of alkyl halides is 3. The van der Waals surface area contributed by atoms with Gasteiger partial charge in [-0.3, -0.25) is 14.0 Å². The predicted molar refractivity (Wildman–Crippen MR) is 99.9 cm³/mol. The quantitative estimate of drug-likeness (QED) is 0.620. The van der Waals surface area contributed by atoms with Gasteiger partial charge in [0.15, 0.2) is 11.6 Å². The summed E-state index contributed by atoms with van der Waals surface area (Å²) in [6.45, 7) is -1.43. The molecule has 0 radical (unpaired) electrons. The standard InChI is InChI=1S/C16H13F3N4O3S2/c17-16(18,19)9-26-13-2-1-10(6-20-13)21-12(24)8-27-7-11-5-14(25)23-3-4-28-15(23)22-11/h1-6H,7-9H2,(H,21,24). The van der Waals surface area contributed by atoms with Crippen molar-refractivity contribution >= 4 is 39.7 Å². The SMILES string of the molecule is O=C(CSCc1cc(=O)n2ccsc2n1)Nc1ccc(OCC(F)(F)F)nc1. The molecule has 0 aliphatic rings. The molecule has 3 aromatic rings. The van der Waals surface area contributed by atoms with Crippen LogP contribution in [0, 0.1) is 0 Å². The van der Waals surface area contributed by atoms with E-state index in [0.717, 1.165) is 0 Å². The van der Waals surface area contributed by atoms with Crippen molar-refractivity contribution in [1.29, 1.82) is 0 Å². The zero-order valence-corrected chi connectivity index (χ0v) is 15.7. The first-order valence-electron chi connectivity index (χ1n) is 7.79. The van der Waals surface area contributed by atoms with Crippen molar-refractivity contribution in [2.75, 3.05) is 17.7 Å². The van der Waals surface area contributed by atoms with Gasteiger partial charge in [-0.15, -0.1) is 23.1 Å². The van der Waals surface area contributed by atoms with Crippen molar-refractivity contribution in [3.63, 3.8) is 0 Å². The van der Waals surface area contributed by atoms with Crippen LogP contribution >= 0.6 is 23.1 Å². The smallest absolute Gasteiger partial charge is 0.422 e. The molecule has 0 unspecified atom stereocenters. The number of thiazole rings is 1. The summed E-state index contributed by atoms with van der Waals surface area (Å²) >= 11 is 2.63. The number of nitrogens with one attached hydrogen (secondary N) is 1. The summed E-state index contributed by atoms with van der Waals surface area (Å²) in [4.78, 5) is 32.5. The van der Waals surface area contributed by atoms with Gasteiger partial charge >= 0.3 is 6.18 Å². The van der Waals surface area contributed by atoms with Crippen LogP contribution in [-0.2, 0) is 10.5 Å². The maximum atomic E-state index is 12.1. The van der Waals surface area contributed by atoms with Gasteiger partial charge in [0.2, 0.25) is 11.8 Å². The number of rotatable bonds is 7. The Bertz CT molecular complexity index is 1020. The number of pyridine rings is 1. The highest BCUT2D eigenvalue weighted by Gasteiger charge is 2.28. The van der Waals surface area contributed by atoms with E-state index in [2.05, 4.69) is 20.0 Å². The lowest BCUT2D eigenvalue weighted by molar-refractivity contribution is -0.154. The summed E-state index contributed by atoms with van der Waals surface area (Å²) in [5, 5.41) is 4.35. The second kappa shape index (κ2) is 8.61. The molecule has 0 aliphatic carbocycles. The first kappa shape index (κ1) is 20.1. The molecule has 3 heterocycles. The van der Waals surface area contributed by atoms with Gasteiger partial charge in [0, 0.05) is 29.5 Å². The van der Waals surface area contributed by atoms with Crippen LogP contribution < -0.4 is 15.6 Å². The van der Waals surface area contributed by atoms with E-state index in [1.807, 2.05) is 0 Å². The molecule has 0 atom stereocenters. The van der Waals surface area contributed by atoms with Gasteiger partial charge < -0.3 is 10.1 Å². The number of thioether (sulfide) groups is 1. The summed E-state index contributed by atoms with van der Waals surface area (Å²) in [5.41, 5.74) is 0.740. The first-order valence-corrected chi connectivity index (χ1v) is 9.82. The monoisotopic (exact) mass is 430 g/mol. The first-order chi connectivity index (χ1) is 13.3. The Morgan fingerprint density at radius 1 is 1.36 bits per heavy atom. The van der Waals surface area contributed by atoms with Gasteiger partial charge in [0.25, 0.3) is 5.56 Å². The summed E-state index contributed by atoms with van der Waals surface area (Å²) in [5.74, 6) is -0.00660. The Kier molecular flexibility index (Phi) is 6.19. The summed E-state index contributed by atoms with van der Waals surface area (Å²) in [6.07, 6.45) is -1.59. The van der Waals surface area contributed by atoms with Crippen LogP contribution in [0.15, 0.2) is 40.8 Å². The average Bonchev–Trinajstić information content (AvgIpc) is 3.10. The Labute approximate surface area is 164 Å². The molecular weight excluding hydrogens is 417 g/mol. The lowest BCUT2D eigenvalue weighted by atomic mass is 10.4. The molecule has 0 saturated heterocycles. The maximum Gasteiger partial charge on any atom is 0.422 e. The predicted octanol–water partition coefficient (Wildman–Crippen LogP) is 2.96. The number of ether oxygens (including phenoxy) is 1. The number of hydrogen-bond acceptors (Lipinski definition) is 7. The molecule has 0 aromatic carbocycles. The van der Waals surface area contributed by atoms with E-state index < -0.39 is 12.8 Å². The number of carbonyl (C=O) groups excluding carboxylic acids is 1. The van der Waals surface area contributed by atoms with E-state index in [4.69, 9.17) is 0 Å². The molecule has 3 aromatic heterocycles. The molecule has 12 heteroatoms. The summed E-state index contributed by atoms with van der Waals surface area (Å²) in [6, 6.07) is 4.06. The van der Waals surface area contributed by atoms with Crippen molar-refractivity contribution in [2.24, 2.45) is 0 Å². The average molecular weight is 430 g/mol. The zero-order chi connectivity index (χ0) is 20.1. The fourth-order valence-electron chi connectivity index (χ4n) is 2.10. The Morgan fingerprint density at radius 2 is 2.18 bits per heavy atom. The number of nitrogens with zero attached hydrogens (tertiary/aromatic N) is 3. The largest absolute Gasteiger partial charge is 0.468 e. The molecule has 3 rings (SSSR count). The molecule has 7 nitrogen and oxygen atoms in total. The second-order valence-electron chi connectivity index (χ2n) is 5.47. The number of aromatic nitrogens is 3. The minimum Gasteiger partial charge on any atom is -0.468 e. The van der Waals surface area contributed by atoms with Crippen LogP contribution in [0.1, 0.15) is 5.69 Å². The molecule has 0 spiro atoms. The number of halogens is 3. The topological polar surface area (TPSA) is 85.6 Å². The van der Waals surface area contributed by atoms with Gasteiger partial charge in [-0.05, 0) is 6.07 Å². The molecular formula is C16H13F3N4O3S2. The third-order valence-corrected chi connectivity index (χ3v) is 4.97. The molecule has 148 valence electrons. The zero-order valence-electron chi connectivity index (χ0n) is 14.1. The van der Waals surface area contributed by atoms with Gasteiger partial charge in [-0.2, -0.15) is 13.2 Å². The van der Waals surface area contributed by atoms with Crippen molar-refractivity contribution < 1.29 is 22.7 Å². The molecule has 0 fully saturated rings. The number of amides is 1. The van der Waals surface area contributed by atoms with E-state index in [9.17, 15) is 22.8 Å². The fraction of sp³-hybridized carbons (Fsp3) is 0.250. The van der Waals surface area contributed by atoms with Crippen molar-refractivity contribution in [1.82, 2.24) is 14.4 Å². The van der Waals surface area contributed by atoms with Gasteiger partial charge in [-0.1, -0.05) is 0 Å². The maximum absolute atomic E-state index is 12.1. The van der Waals surface area contributed by atoms with Crippen molar-refractivity contribution in [3.8, 4) is 5.88 Å². The highest BCUT2D eigenvalue weighted by Crippen LogP contribution is 2.18. The van der Waals surface area contributed by atoms with E-state index in [1.165, 1.54) is 51.9 Å². The summed E-state index contributed by atoms with van der Waals surface area (Å²) in [7, 11) is 0. The molecule has 28 heavy (non-hydrogen) atoms. The Balaban J connectivity index is 1.46. The van der Waals surface area contributed by atoms with Gasteiger partial charge in [0.1, 0.15) is 0 Å². The molecule has 1 amide bonds. The van der Waals surface area contributed by atoms with Gasteiger partial charge in [-0.25, -0.2) is 9.97 Å². The number of carbonyl (C=O) groups is 1. The highest BCUT2D eigenvalue weighted by atomic mass is 32.2. The second-order valence-corrected chi connectivity index (χ2v) is 7.33. The van der Waals surface area contributed by atoms with E-state index in [-0.39, 0.29) is 23.1 Å². The van der Waals surface area contributed by atoms with Crippen LogP contribution in [0.2, 0.25) is 0 Å². The normalized spacial score (nSPS) is 11.5. The molecule has 0 saturated carbocycles. The number of hydrogen-bond donors (Lipinski definition) is 1. The van der Waals surface area contributed by atoms with Crippen molar-refractivity contribution in [2.45, 2.75) is 11.9 Å². The molecule has 0 aliphatic heterocycles. The molecule has 1 N–H and O–H groups in total. The van der Waals surface area contributed by atoms with E-state index >= 15 is 0 Å². The third kappa shape index (κ3) is 5.70. The minimum absolute atomic E-state index is 0.109. The Morgan fingerprint density at radius 3 is 2.89 bits per heavy atom. The van der Waals surface area contributed by atoms with E-state index in [0.29, 0.717) is 22.1 Å². The summed E-state index contributed by atoms with van der Waals surface area (Å²) < 4.78 is 42.2. The lowest BCUT2D eigenvalue weighted by Crippen LogP contribution is -2.19. The van der Waals surface area contributed by atoms with Crippen LogP contribution in [0.5, 0.6) is 5.88 Å². The van der Waals surface area contributed by atoms with Crippen LogP contribution in [0.25, 0.3) is 4.96 Å². The van der Waals surface area contributed by atoms with Crippen molar-refractivity contribution in [3.05, 3.63) is 52.0 Å².